The Balaban J connectivity index is 1.45. The van der Waals surface area contributed by atoms with Crippen molar-refractivity contribution < 1.29 is 24.0 Å². The number of aryl methyl sites for hydroxylation is 1. The summed E-state index contributed by atoms with van der Waals surface area (Å²) in [4.78, 5) is 43.4. The summed E-state index contributed by atoms with van der Waals surface area (Å²) >= 11 is 0. The number of benzene rings is 4. The molecular formula is C34H31N3O5. The SMILES string of the molecule is NC(=O)C(=O)c1cccc2c1c1c(OCC(=O)NOCc3ccccc3)c3c(cc1n2Cc1ccccc1)CCCC3. The number of amides is 2. The smallest absolute Gasteiger partial charge is 0.289 e. The van der Waals surface area contributed by atoms with Crippen LogP contribution in [0.15, 0.2) is 84.9 Å². The molecular weight excluding hydrogens is 530 g/mol. The van der Waals surface area contributed by atoms with Crippen molar-refractivity contribution in [3.8, 4) is 5.75 Å². The van der Waals surface area contributed by atoms with E-state index < -0.39 is 17.6 Å². The van der Waals surface area contributed by atoms with Gasteiger partial charge in [0.05, 0.1) is 23.0 Å². The fourth-order valence-corrected chi connectivity index (χ4v) is 5.82. The van der Waals surface area contributed by atoms with Crippen LogP contribution in [-0.2, 0) is 40.4 Å². The molecule has 1 aliphatic rings. The molecule has 0 bridgehead atoms. The van der Waals surface area contributed by atoms with E-state index in [0.29, 0.717) is 23.1 Å². The van der Waals surface area contributed by atoms with Gasteiger partial charge in [-0.3, -0.25) is 19.2 Å². The molecule has 3 N–H and O–H groups in total. The Bertz CT molecular complexity index is 1790. The summed E-state index contributed by atoms with van der Waals surface area (Å²) in [5.74, 6) is -1.67. The van der Waals surface area contributed by atoms with E-state index in [4.69, 9.17) is 15.3 Å². The topological polar surface area (TPSA) is 113 Å². The Kier molecular flexibility index (Phi) is 7.70. The van der Waals surface area contributed by atoms with Crippen LogP contribution in [0.3, 0.4) is 0 Å². The van der Waals surface area contributed by atoms with Crippen LogP contribution in [-0.4, -0.2) is 28.8 Å². The predicted octanol–water partition coefficient (Wildman–Crippen LogP) is 5.02. The normalized spacial score (nSPS) is 12.7. The third-order valence-electron chi connectivity index (χ3n) is 7.72. The van der Waals surface area contributed by atoms with Crippen LogP contribution in [0.5, 0.6) is 5.75 Å². The molecule has 1 aliphatic carbocycles. The van der Waals surface area contributed by atoms with Gasteiger partial charge in [-0.2, -0.15) is 0 Å². The van der Waals surface area contributed by atoms with Crippen LogP contribution in [0, 0.1) is 0 Å². The van der Waals surface area contributed by atoms with Gasteiger partial charge in [0.2, 0.25) is 0 Å². The minimum Gasteiger partial charge on any atom is -0.483 e. The first kappa shape index (κ1) is 27.2. The number of rotatable bonds is 10. The first-order valence-corrected chi connectivity index (χ1v) is 14.1. The van der Waals surface area contributed by atoms with Gasteiger partial charge < -0.3 is 15.0 Å². The average molecular weight is 562 g/mol. The number of carbonyl (C=O) groups is 3. The van der Waals surface area contributed by atoms with E-state index in [9.17, 15) is 14.4 Å². The number of nitrogens with two attached hydrogens (primary N) is 1. The third-order valence-corrected chi connectivity index (χ3v) is 7.72. The van der Waals surface area contributed by atoms with Crippen LogP contribution in [0.1, 0.15) is 45.5 Å². The molecule has 0 fully saturated rings. The Hall–Kier alpha value is -4.95. The van der Waals surface area contributed by atoms with Crippen LogP contribution < -0.4 is 16.0 Å². The van der Waals surface area contributed by atoms with Gasteiger partial charge in [-0.1, -0.05) is 72.8 Å². The van der Waals surface area contributed by atoms with Crippen LogP contribution in [0.2, 0.25) is 0 Å². The molecule has 8 heteroatoms. The molecule has 42 heavy (non-hydrogen) atoms. The monoisotopic (exact) mass is 561 g/mol. The number of hydrogen-bond donors (Lipinski definition) is 2. The van der Waals surface area contributed by atoms with Crippen molar-refractivity contribution >= 4 is 39.4 Å². The molecule has 0 radical (unpaired) electrons. The minimum absolute atomic E-state index is 0.216. The van der Waals surface area contributed by atoms with E-state index in [2.05, 4.69) is 16.1 Å². The number of Topliss-reactive ketones (excluding diaryl/α,β-unsaturated/α-hetero) is 1. The minimum atomic E-state index is -1.03. The summed E-state index contributed by atoms with van der Waals surface area (Å²) in [5, 5.41) is 1.29. The number of primary amides is 1. The molecule has 4 aromatic carbocycles. The highest BCUT2D eigenvalue weighted by molar-refractivity contribution is 6.45. The number of hydrogen-bond acceptors (Lipinski definition) is 5. The molecule has 1 aromatic heterocycles. The predicted molar refractivity (Wildman–Crippen MR) is 160 cm³/mol. The zero-order chi connectivity index (χ0) is 29.1. The second-order valence-electron chi connectivity index (χ2n) is 10.5. The number of fused-ring (bicyclic) bond motifs is 4. The van der Waals surface area contributed by atoms with Crippen molar-refractivity contribution in [2.75, 3.05) is 6.61 Å². The Morgan fingerprint density at radius 3 is 2.26 bits per heavy atom. The molecule has 1 heterocycles. The Morgan fingerprint density at radius 1 is 0.810 bits per heavy atom. The largest absolute Gasteiger partial charge is 0.483 e. The molecule has 0 aliphatic heterocycles. The maximum atomic E-state index is 13.1. The van der Waals surface area contributed by atoms with Gasteiger partial charge in [0.15, 0.2) is 6.61 Å². The molecule has 6 rings (SSSR count). The van der Waals surface area contributed by atoms with E-state index in [0.717, 1.165) is 59.0 Å². The Morgan fingerprint density at radius 2 is 1.52 bits per heavy atom. The van der Waals surface area contributed by atoms with Crippen molar-refractivity contribution in [1.82, 2.24) is 10.0 Å². The molecule has 2 amide bonds. The lowest BCUT2D eigenvalue weighted by Crippen LogP contribution is -2.29. The molecule has 212 valence electrons. The number of hydroxylamine groups is 1. The maximum absolute atomic E-state index is 13.1. The Labute approximate surface area is 243 Å². The first-order valence-electron chi connectivity index (χ1n) is 14.1. The lowest BCUT2D eigenvalue weighted by atomic mass is 9.88. The molecule has 0 saturated carbocycles. The average Bonchev–Trinajstić information content (AvgIpc) is 3.32. The van der Waals surface area contributed by atoms with Crippen LogP contribution in [0.25, 0.3) is 21.8 Å². The second kappa shape index (κ2) is 11.9. The second-order valence-corrected chi connectivity index (χ2v) is 10.5. The lowest BCUT2D eigenvalue weighted by molar-refractivity contribution is -0.136. The number of ketones is 1. The van der Waals surface area contributed by atoms with Crippen molar-refractivity contribution in [3.63, 3.8) is 0 Å². The van der Waals surface area contributed by atoms with Gasteiger partial charge in [-0.15, -0.1) is 0 Å². The van der Waals surface area contributed by atoms with Gasteiger partial charge in [-0.25, -0.2) is 5.48 Å². The van der Waals surface area contributed by atoms with Gasteiger partial charge in [0, 0.05) is 17.5 Å². The summed E-state index contributed by atoms with van der Waals surface area (Å²) in [5.41, 5.74) is 14.0. The number of ether oxygens (including phenoxy) is 1. The number of nitrogens with one attached hydrogen (secondary N) is 1. The van der Waals surface area contributed by atoms with Gasteiger partial charge in [-0.05, 0) is 60.1 Å². The zero-order valence-electron chi connectivity index (χ0n) is 23.1. The quantitative estimate of drug-likeness (QED) is 0.141. The summed E-state index contributed by atoms with van der Waals surface area (Å²) in [6.45, 7) is 0.488. The number of nitrogens with zero attached hydrogens (tertiary/aromatic N) is 1. The van der Waals surface area contributed by atoms with E-state index >= 15 is 0 Å². The standard InChI is InChI=1S/C34H31N3O5/c35-34(40)32(39)26-16-9-17-27-30(26)31-28(37(27)19-22-10-3-1-4-11-22)18-24-14-7-8-15-25(24)33(31)41-21-29(38)36-42-20-23-12-5-2-6-13-23/h1-6,9-13,16-18H,7-8,14-15,19-21H2,(H2,35,40)(H,36,38). The fourth-order valence-electron chi connectivity index (χ4n) is 5.82. The van der Waals surface area contributed by atoms with Crippen LogP contribution >= 0.6 is 0 Å². The highest BCUT2D eigenvalue weighted by Gasteiger charge is 2.27. The molecule has 5 aromatic rings. The van der Waals surface area contributed by atoms with E-state index in [1.54, 1.807) is 12.1 Å². The third kappa shape index (κ3) is 5.36. The molecule has 0 unspecified atom stereocenters. The van der Waals surface area contributed by atoms with Gasteiger partial charge >= 0.3 is 0 Å². The summed E-state index contributed by atoms with van der Waals surface area (Å²) in [6, 6.07) is 27.1. The van der Waals surface area contributed by atoms with Crippen LogP contribution in [0.4, 0.5) is 0 Å². The summed E-state index contributed by atoms with van der Waals surface area (Å²) in [6.07, 6.45) is 3.70. The van der Waals surface area contributed by atoms with Crippen molar-refractivity contribution in [2.24, 2.45) is 5.73 Å². The van der Waals surface area contributed by atoms with Crippen molar-refractivity contribution in [1.29, 1.82) is 0 Å². The molecule has 0 spiro atoms. The highest BCUT2D eigenvalue weighted by atomic mass is 16.7. The summed E-state index contributed by atoms with van der Waals surface area (Å²) in [7, 11) is 0. The van der Waals surface area contributed by atoms with Gasteiger partial charge in [0.25, 0.3) is 17.6 Å². The molecule has 0 atom stereocenters. The lowest BCUT2D eigenvalue weighted by Gasteiger charge is -2.21. The molecule has 0 saturated heterocycles. The highest BCUT2D eigenvalue weighted by Crippen LogP contribution is 2.43. The maximum Gasteiger partial charge on any atom is 0.289 e. The molecule has 8 nitrogen and oxygen atoms in total. The van der Waals surface area contributed by atoms with E-state index in [1.807, 2.05) is 66.7 Å². The van der Waals surface area contributed by atoms with E-state index in [-0.39, 0.29) is 18.8 Å². The summed E-state index contributed by atoms with van der Waals surface area (Å²) < 4.78 is 8.46. The number of aromatic nitrogens is 1. The first-order chi connectivity index (χ1) is 20.5. The van der Waals surface area contributed by atoms with Gasteiger partial charge in [0.1, 0.15) is 5.75 Å². The van der Waals surface area contributed by atoms with Crippen molar-refractivity contribution in [3.05, 3.63) is 113 Å². The fraction of sp³-hybridized carbons (Fsp3) is 0.206. The number of carbonyl (C=O) groups excluding carboxylic acids is 3. The van der Waals surface area contributed by atoms with Crippen molar-refractivity contribution in [2.45, 2.75) is 38.8 Å². The zero-order valence-corrected chi connectivity index (χ0v) is 23.1. The van der Waals surface area contributed by atoms with E-state index in [1.165, 1.54) is 0 Å².